The topological polar surface area (TPSA) is 55.4 Å². The Morgan fingerprint density at radius 3 is 2.32 bits per heavy atom. The smallest absolute Gasteiger partial charge is 0.407 e. The van der Waals surface area contributed by atoms with Gasteiger partial charge in [-0.2, -0.15) is 0 Å². The third kappa shape index (κ3) is 5.51. The largest absolute Gasteiger partial charge is 0.453 e. The lowest BCUT2D eigenvalue weighted by atomic mass is 9.86. The molecule has 0 spiro atoms. The highest BCUT2D eigenvalue weighted by Crippen LogP contribution is 2.24. The highest BCUT2D eigenvalue weighted by molar-refractivity contribution is 5.90. The third-order valence-electron chi connectivity index (χ3n) is 3.81. The molecule has 2 atom stereocenters. The van der Waals surface area contributed by atoms with Crippen molar-refractivity contribution in [3.8, 4) is 0 Å². The molecule has 0 aromatic heterocycles. The number of carbonyl (C=O) groups is 2. The van der Waals surface area contributed by atoms with E-state index in [0.29, 0.717) is 0 Å². The number of benzene rings is 1. The summed E-state index contributed by atoms with van der Waals surface area (Å²) in [6.07, 6.45) is 4.19. The minimum absolute atomic E-state index is 0.0210. The van der Waals surface area contributed by atoms with Gasteiger partial charge in [-0.25, -0.2) is 4.79 Å². The summed E-state index contributed by atoms with van der Waals surface area (Å²) < 4.78 is 4.67. The highest BCUT2D eigenvalue weighted by atomic mass is 16.5. The molecule has 0 saturated carbocycles. The second-order valence-corrected chi connectivity index (χ2v) is 5.51. The molecule has 0 bridgehead atoms. The monoisotopic (exact) mass is 305 g/mol. The van der Waals surface area contributed by atoms with Crippen molar-refractivity contribution in [2.45, 2.75) is 52.0 Å². The fraction of sp³-hybridized carbons (Fsp3) is 0.556. The number of Topliss-reactive ketones (excluding diaryl/α,β-unsaturated/α-hetero) is 1. The minimum atomic E-state index is -0.637. The van der Waals surface area contributed by atoms with Crippen LogP contribution in [0.4, 0.5) is 4.79 Å². The molecule has 0 radical (unpaired) electrons. The summed E-state index contributed by atoms with van der Waals surface area (Å²) in [5.74, 6) is 0.0548. The zero-order valence-electron chi connectivity index (χ0n) is 13.8. The second-order valence-electron chi connectivity index (χ2n) is 5.51. The number of amides is 1. The molecule has 0 aliphatic carbocycles. The summed E-state index contributed by atoms with van der Waals surface area (Å²) in [7, 11) is 1.31. The van der Waals surface area contributed by atoms with Crippen molar-refractivity contribution in [3.05, 3.63) is 35.9 Å². The Morgan fingerprint density at radius 1 is 1.09 bits per heavy atom. The number of ketones is 1. The summed E-state index contributed by atoms with van der Waals surface area (Å²) in [4.78, 5) is 24.5. The van der Waals surface area contributed by atoms with Gasteiger partial charge in [0, 0.05) is 5.92 Å². The number of carbonyl (C=O) groups excluding carboxylic acids is 2. The Bertz CT molecular complexity index is 459. The molecule has 22 heavy (non-hydrogen) atoms. The Morgan fingerprint density at radius 2 is 1.77 bits per heavy atom. The molecule has 0 aliphatic heterocycles. The van der Waals surface area contributed by atoms with Gasteiger partial charge in [0.25, 0.3) is 0 Å². The number of rotatable bonds is 9. The van der Waals surface area contributed by atoms with E-state index in [-0.39, 0.29) is 11.7 Å². The summed E-state index contributed by atoms with van der Waals surface area (Å²) in [6, 6.07) is 8.72. The molecule has 1 aromatic carbocycles. The first-order chi connectivity index (χ1) is 10.6. The highest BCUT2D eigenvalue weighted by Gasteiger charge is 2.28. The molecule has 1 unspecified atom stereocenters. The molecule has 4 nitrogen and oxygen atoms in total. The Kier molecular flexibility index (Phi) is 8.26. The number of unbranched alkanes of at least 4 members (excludes halogenated alkanes) is 1. The maximum Gasteiger partial charge on any atom is 0.407 e. The lowest BCUT2D eigenvalue weighted by Crippen LogP contribution is -2.37. The quantitative estimate of drug-likeness (QED) is 0.741. The van der Waals surface area contributed by atoms with E-state index in [1.807, 2.05) is 30.3 Å². The van der Waals surface area contributed by atoms with Gasteiger partial charge in [0.05, 0.1) is 7.11 Å². The number of hydrogen-bond donors (Lipinski definition) is 1. The lowest BCUT2D eigenvalue weighted by molar-refractivity contribution is -0.125. The van der Waals surface area contributed by atoms with Crippen molar-refractivity contribution in [1.29, 1.82) is 0 Å². The van der Waals surface area contributed by atoms with E-state index in [2.05, 4.69) is 23.9 Å². The van der Waals surface area contributed by atoms with E-state index in [1.165, 1.54) is 7.11 Å². The average Bonchev–Trinajstić information content (AvgIpc) is 2.56. The van der Waals surface area contributed by atoms with Crippen molar-refractivity contribution in [1.82, 2.24) is 5.32 Å². The second kappa shape index (κ2) is 9.98. The van der Waals surface area contributed by atoms with Crippen molar-refractivity contribution in [2.24, 2.45) is 5.92 Å². The summed E-state index contributed by atoms with van der Waals surface area (Å²) in [6.45, 7) is 4.20. The SMILES string of the molecule is CCCCC(CCC)C(=O)[C@@H](NC(=O)OC)c1ccccc1. The van der Waals surface area contributed by atoms with Crippen molar-refractivity contribution < 1.29 is 14.3 Å². The van der Waals surface area contributed by atoms with Crippen LogP contribution in [0, 0.1) is 5.92 Å². The standard InChI is InChI=1S/C18H27NO3/c1-4-6-11-15(10-5-2)17(20)16(19-18(21)22-3)14-12-8-7-9-13-14/h7-9,12-13,15-16H,4-6,10-11H2,1-3H3,(H,19,21)/t15?,16-/m0/s1. The molecule has 1 aromatic rings. The van der Waals surface area contributed by atoms with Crippen LogP contribution in [0.1, 0.15) is 57.6 Å². The molecule has 1 N–H and O–H groups in total. The molecule has 0 aliphatic rings. The van der Waals surface area contributed by atoms with Gasteiger partial charge in [-0.15, -0.1) is 0 Å². The van der Waals surface area contributed by atoms with Crippen LogP contribution in [0.3, 0.4) is 0 Å². The fourth-order valence-electron chi connectivity index (χ4n) is 2.60. The third-order valence-corrected chi connectivity index (χ3v) is 3.81. The predicted octanol–water partition coefficient (Wildman–Crippen LogP) is 4.26. The number of ether oxygens (including phenoxy) is 1. The summed E-state index contributed by atoms with van der Waals surface area (Å²) in [5, 5.41) is 2.69. The van der Waals surface area contributed by atoms with Crippen LogP contribution in [0.25, 0.3) is 0 Å². The zero-order valence-corrected chi connectivity index (χ0v) is 13.8. The molecule has 4 heteroatoms. The van der Waals surface area contributed by atoms with Crippen molar-refractivity contribution in [2.75, 3.05) is 7.11 Å². The summed E-state index contributed by atoms with van der Waals surface area (Å²) >= 11 is 0. The van der Waals surface area contributed by atoms with Crippen molar-refractivity contribution in [3.63, 3.8) is 0 Å². The van der Waals surface area contributed by atoms with Crippen LogP contribution in [0.15, 0.2) is 30.3 Å². The predicted molar refractivity (Wildman–Crippen MR) is 87.7 cm³/mol. The van der Waals surface area contributed by atoms with Crippen LogP contribution in [-0.4, -0.2) is 19.0 Å². The Labute approximate surface area is 133 Å². The number of hydrogen-bond acceptors (Lipinski definition) is 3. The fourth-order valence-corrected chi connectivity index (χ4v) is 2.60. The molecule has 1 rings (SSSR count). The van der Waals surface area contributed by atoms with Crippen LogP contribution in [0.5, 0.6) is 0 Å². The lowest BCUT2D eigenvalue weighted by Gasteiger charge is -2.23. The van der Waals surface area contributed by atoms with E-state index >= 15 is 0 Å². The normalized spacial score (nSPS) is 13.2. The first kappa shape index (κ1) is 18.2. The van der Waals surface area contributed by atoms with Crippen LogP contribution in [-0.2, 0) is 9.53 Å². The minimum Gasteiger partial charge on any atom is -0.453 e. The van der Waals surface area contributed by atoms with Gasteiger partial charge in [-0.05, 0) is 18.4 Å². The van der Waals surface area contributed by atoms with Gasteiger partial charge < -0.3 is 10.1 Å². The van der Waals surface area contributed by atoms with Gasteiger partial charge in [0.15, 0.2) is 5.78 Å². The average molecular weight is 305 g/mol. The number of methoxy groups -OCH3 is 1. The number of alkyl carbamates (subject to hydrolysis) is 1. The molecule has 1 amide bonds. The maximum absolute atomic E-state index is 12.9. The van der Waals surface area contributed by atoms with Crippen LogP contribution < -0.4 is 5.32 Å². The van der Waals surface area contributed by atoms with Gasteiger partial charge in [0.1, 0.15) is 6.04 Å². The molecule has 122 valence electrons. The van der Waals surface area contributed by atoms with Crippen LogP contribution in [0.2, 0.25) is 0 Å². The molecule has 0 heterocycles. The Hall–Kier alpha value is -1.84. The molecule has 0 saturated heterocycles. The van der Waals surface area contributed by atoms with Gasteiger partial charge in [-0.1, -0.05) is 63.4 Å². The first-order valence-corrected chi connectivity index (χ1v) is 8.07. The Balaban J connectivity index is 2.96. The van der Waals surface area contributed by atoms with Crippen LogP contribution >= 0.6 is 0 Å². The van der Waals surface area contributed by atoms with Gasteiger partial charge in [-0.3, -0.25) is 4.79 Å². The van der Waals surface area contributed by atoms with Crippen molar-refractivity contribution >= 4 is 11.9 Å². The maximum atomic E-state index is 12.9. The molecular weight excluding hydrogens is 278 g/mol. The molecule has 0 fully saturated rings. The first-order valence-electron chi connectivity index (χ1n) is 8.07. The molecular formula is C18H27NO3. The number of nitrogens with one attached hydrogen (secondary N) is 1. The zero-order chi connectivity index (χ0) is 16.4. The van der Waals surface area contributed by atoms with E-state index in [4.69, 9.17) is 0 Å². The van der Waals surface area contributed by atoms with E-state index in [1.54, 1.807) is 0 Å². The van der Waals surface area contributed by atoms with E-state index in [9.17, 15) is 9.59 Å². The van der Waals surface area contributed by atoms with Gasteiger partial charge >= 0.3 is 6.09 Å². The summed E-state index contributed by atoms with van der Waals surface area (Å²) in [5.41, 5.74) is 0.801. The van der Waals surface area contributed by atoms with E-state index in [0.717, 1.165) is 37.7 Å². The van der Waals surface area contributed by atoms with Gasteiger partial charge in [0.2, 0.25) is 0 Å². The van der Waals surface area contributed by atoms with E-state index < -0.39 is 12.1 Å².